The lowest BCUT2D eigenvalue weighted by Gasteiger charge is -2.12. The molecule has 0 aliphatic carbocycles. The van der Waals surface area contributed by atoms with Gasteiger partial charge in [0.25, 0.3) is 0 Å². The van der Waals surface area contributed by atoms with Gasteiger partial charge in [0.2, 0.25) is 5.91 Å². The molecule has 1 saturated heterocycles. The number of hydrogen-bond acceptors (Lipinski definition) is 3. The second-order valence-electron chi connectivity index (χ2n) is 5.40. The average molecular weight is 326 g/mol. The zero-order valence-corrected chi connectivity index (χ0v) is 12.8. The van der Waals surface area contributed by atoms with Gasteiger partial charge >= 0.3 is 0 Å². The maximum absolute atomic E-state index is 12.1. The van der Waals surface area contributed by atoms with Gasteiger partial charge in [-0.3, -0.25) is 10.2 Å². The number of hydrogen-bond donors (Lipinski definition) is 3. The molecule has 2 unspecified atom stereocenters. The lowest BCUT2D eigenvalue weighted by Crippen LogP contribution is -2.40. The highest BCUT2D eigenvalue weighted by Crippen LogP contribution is 2.17. The van der Waals surface area contributed by atoms with E-state index in [9.17, 15) is 4.79 Å². The number of carbonyl (C=O) groups excluding carboxylic acids is 1. The quantitative estimate of drug-likeness (QED) is 0.797. The maximum Gasteiger partial charge on any atom is 0.242 e. The molecule has 1 aromatic rings. The first-order valence-corrected chi connectivity index (χ1v) is 7.41. The van der Waals surface area contributed by atoms with Crippen LogP contribution in [0.2, 0.25) is 0 Å². The molecule has 0 radical (unpaired) electrons. The van der Waals surface area contributed by atoms with Crippen LogP contribution >= 0.6 is 15.9 Å². The molecule has 1 aromatic carbocycles. The number of anilines is 1. The first-order valence-electron chi connectivity index (χ1n) is 6.62. The number of carbonyl (C=O) groups is 1. The zero-order chi connectivity index (χ0) is 13.8. The molecule has 5 heteroatoms. The van der Waals surface area contributed by atoms with Gasteiger partial charge in [0.1, 0.15) is 6.04 Å². The minimum atomic E-state index is -0.160. The first kappa shape index (κ1) is 14.5. The average Bonchev–Trinajstić information content (AvgIpc) is 2.80. The van der Waals surface area contributed by atoms with Crippen molar-refractivity contribution < 1.29 is 4.79 Å². The van der Waals surface area contributed by atoms with E-state index in [0.717, 1.165) is 23.0 Å². The van der Waals surface area contributed by atoms with Crippen LogP contribution in [-0.2, 0) is 4.79 Å². The van der Waals surface area contributed by atoms with Crippen LogP contribution < -0.4 is 16.2 Å². The summed E-state index contributed by atoms with van der Waals surface area (Å²) in [6.07, 6.45) is 1.91. The van der Waals surface area contributed by atoms with Crippen molar-refractivity contribution in [1.82, 2.24) is 10.9 Å². The first-order chi connectivity index (χ1) is 9.04. The van der Waals surface area contributed by atoms with E-state index in [1.165, 1.54) is 0 Å². The molecule has 1 fully saturated rings. The van der Waals surface area contributed by atoms with Crippen molar-refractivity contribution in [3.05, 3.63) is 28.7 Å². The maximum atomic E-state index is 12.1. The fraction of sp³-hybridized carbons (Fsp3) is 0.500. The molecule has 2 rings (SSSR count). The summed E-state index contributed by atoms with van der Waals surface area (Å²) in [6, 6.07) is 7.81. The monoisotopic (exact) mass is 325 g/mol. The molecular formula is C14H20BrN3O. The number of nitrogens with one attached hydrogen (secondary N) is 3. The smallest absolute Gasteiger partial charge is 0.242 e. The van der Waals surface area contributed by atoms with Crippen LogP contribution in [0.25, 0.3) is 0 Å². The molecule has 1 heterocycles. The molecule has 3 N–H and O–H groups in total. The number of halogens is 1. The highest BCUT2D eigenvalue weighted by atomic mass is 79.9. The second-order valence-corrected chi connectivity index (χ2v) is 6.32. The lowest BCUT2D eigenvalue weighted by molar-refractivity contribution is -0.117. The minimum Gasteiger partial charge on any atom is -0.325 e. The Kier molecular flexibility index (Phi) is 4.96. The van der Waals surface area contributed by atoms with Gasteiger partial charge in [-0.25, -0.2) is 5.43 Å². The number of amides is 1. The van der Waals surface area contributed by atoms with Gasteiger partial charge < -0.3 is 5.32 Å². The van der Waals surface area contributed by atoms with Crippen LogP contribution in [0.1, 0.15) is 26.7 Å². The van der Waals surface area contributed by atoms with Gasteiger partial charge in [-0.05, 0) is 43.0 Å². The molecule has 0 spiro atoms. The Morgan fingerprint density at radius 1 is 1.37 bits per heavy atom. The molecule has 1 aliphatic rings. The fourth-order valence-corrected chi connectivity index (χ4v) is 2.54. The normalized spacial score (nSPS) is 22.7. The van der Waals surface area contributed by atoms with E-state index in [-0.39, 0.29) is 11.9 Å². The van der Waals surface area contributed by atoms with Gasteiger partial charge in [-0.15, -0.1) is 0 Å². The summed E-state index contributed by atoms with van der Waals surface area (Å²) in [5.74, 6) is 0.647. The highest BCUT2D eigenvalue weighted by Gasteiger charge is 2.29. The van der Waals surface area contributed by atoms with Crippen molar-refractivity contribution in [1.29, 1.82) is 0 Å². The van der Waals surface area contributed by atoms with E-state index in [0.29, 0.717) is 12.0 Å². The number of benzene rings is 1. The van der Waals surface area contributed by atoms with Gasteiger partial charge in [-0.1, -0.05) is 29.8 Å². The van der Waals surface area contributed by atoms with Crippen LogP contribution in [0, 0.1) is 5.92 Å². The molecule has 0 saturated carbocycles. The summed E-state index contributed by atoms with van der Waals surface area (Å²) in [6.45, 7) is 4.38. The van der Waals surface area contributed by atoms with Crippen molar-refractivity contribution >= 4 is 27.5 Å². The predicted molar refractivity (Wildman–Crippen MR) is 80.7 cm³/mol. The third kappa shape index (κ3) is 4.30. The van der Waals surface area contributed by atoms with Crippen molar-refractivity contribution in [2.75, 3.05) is 5.32 Å². The summed E-state index contributed by atoms with van der Waals surface area (Å²) in [7, 11) is 0. The Bertz CT molecular complexity index is 433. The van der Waals surface area contributed by atoms with E-state index in [4.69, 9.17) is 0 Å². The van der Waals surface area contributed by atoms with E-state index >= 15 is 0 Å². The molecule has 1 amide bonds. The van der Waals surface area contributed by atoms with Crippen LogP contribution in [0.3, 0.4) is 0 Å². The SMILES string of the molecule is CC(C)CC1CC(C(=O)Nc2ccc(Br)cc2)NN1. The van der Waals surface area contributed by atoms with E-state index in [1.54, 1.807) is 0 Å². The molecule has 19 heavy (non-hydrogen) atoms. The van der Waals surface area contributed by atoms with Gasteiger partial charge in [0.05, 0.1) is 0 Å². The zero-order valence-electron chi connectivity index (χ0n) is 11.2. The van der Waals surface area contributed by atoms with E-state index < -0.39 is 0 Å². The van der Waals surface area contributed by atoms with Crippen molar-refractivity contribution in [3.8, 4) is 0 Å². The Morgan fingerprint density at radius 3 is 2.68 bits per heavy atom. The van der Waals surface area contributed by atoms with E-state index in [2.05, 4.69) is 45.9 Å². The predicted octanol–water partition coefficient (Wildman–Crippen LogP) is 2.67. The topological polar surface area (TPSA) is 53.2 Å². The number of hydrazine groups is 1. The summed E-state index contributed by atoms with van der Waals surface area (Å²) in [5, 5.41) is 2.92. The standard InChI is InChI=1S/C14H20BrN3O/c1-9(2)7-12-8-13(18-17-12)14(19)16-11-5-3-10(15)4-6-11/h3-6,9,12-13,17-18H,7-8H2,1-2H3,(H,16,19). The Hall–Kier alpha value is -0.910. The van der Waals surface area contributed by atoms with Gasteiger partial charge in [0.15, 0.2) is 0 Å². The third-order valence-corrected chi connectivity index (χ3v) is 3.69. The van der Waals surface area contributed by atoms with Crippen LogP contribution in [-0.4, -0.2) is 18.0 Å². The molecule has 0 aromatic heterocycles. The van der Waals surface area contributed by atoms with Crippen molar-refractivity contribution in [2.45, 2.75) is 38.8 Å². The Labute approximate surface area is 122 Å². The molecule has 2 atom stereocenters. The summed E-state index contributed by atoms with van der Waals surface area (Å²) >= 11 is 3.37. The van der Waals surface area contributed by atoms with Crippen molar-refractivity contribution in [3.63, 3.8) is 0 Å². The number of rotatable bonds is 4. The summed E-state index contributed by atoms with van der Waals surface area (Å²) < 4.78 is 1.00. The van der Waals surface area contributed by atoms with E-state index in [1.807, 2.05) is 24.3 Å². The lowest BCUT2D eigenvalue weighted by atomic mass is 10.00. The largest absolute Gasteiger partial charge is 0.325 e. The van der Waals surface area contributed by atoms with Gasteiger partial charge in [0, 0.05) is 16.2 Å². The fourth-order valence-electron chi connectivity index (χ4n) is 2.28. The molecule has 4 nitrogen and oxygen atoms in total. The summed E-state index contributed by atoms with van der Waals surface area (Å²) in [4.78, 5) is 12.1. The molecule has 104 valence electrons. The van der Waals surface area contributed by atoms with Crippen LogP contribution in [0.15, 0.2) is 28.7 Å². The minimum absolute atomic E-state index is 0.0149. The van der Waals surface area contributed by atoms with Crippen LogP contribution in [0.4, 0.5) is 5.69 Å². The highest BCUT2D eigenvalue weighted by molar-refractivity contribution is 9.10. The molecule has 1 aliphatic heterocycles. The Morgan fingerprint density at radius 2 is 2.05 bits per heavy atom. The van der Waals surface area contributed by atoms with Crippen LogP contribution in [0.5, 0.6) is 0 Å². The van der Waals surface area contributed by atoms with Crippen molar-refractivity contribution in [2.24, 2.45) is 5.92 Å². The Balaban J connectivity index is 1.86. The third-order valence-electron chi connectivity index (χ3n) is 3.17. The molecule has 0 bridgehead atoms. The summed E-state index contributed by atoms with van der Waals surface area (Å²) in [5.41, 5.74) is 7.09. The van der Waals surface area contributed by atoms with Gasteiger partial charge in [-0.2, -0.15) is 0 Å². The second kappa shape index (κ2) is 6.50. The molecular weight excluding hydrogens is 306 g/mol.